The van der Waals surface area contributed by atoms with Gasteiger partial charge in [-0.15, -0.1) is 0 Å². The first-order valence-electron chi connectivity index (χ1n) is 8.91. The van der Waals surface area contributed by atoms with Crippen LogP contribution in [0.3, 0.4) is 0 Å². The highest BCUT2D eigenvalue weighted by Gasteiger charge is 2.26. The largest absolute Gasteiger partial charge is 0.358 e. The van der Waals surface area contributed by atoms with E-state index < -0.39 is 12.2 Å². The summed E-state index contributed by atoms with van der Waals surface area (Å²) in [5.74, 6) is -0.241. The van der Waals surface area contributed by atoms with Crippen molar-refractivity contribution in [2.75, 3.05) is 6.61 Å². The third-order valence-electron chi connectivity index (χ3n) is 4.84. The van der Waals surface area contributed by atoms with Crippen molar-refractivity contribution < 1.29 is 13.5 Å². The second kappa shape index (κ2) is 6.75. The highest BCUT2D eigenvalue weighted by Crippen LogP contribution is 2.32. The maximum Gasteiger partial charge on any atom is 0.296 e. The van der Waals surface area contributed by atoms with Gasteiger partial charge in [0.15, 0.2) is 22.8 Å². The highest BCUT2D eigenvalue weighted by molar-refractivity contribution is 6.28. The van der Waals surface area contributed by atoms with Crippen LogP contribution in [0.5, 0.6) is 0 Å². The fraction of sp³-hybridized carbons (Fsp3) is 0.333. The molecule has 28 heavy (non-hydrogen) atoms. The molecular formula is C18H15ClF2N6O. The van der Waals surface area contributed by atoms with Gasteiger partial charge in [0.05, 0.1) is 17.4 Å². The van der Waals surface area contributed by atoms with Gasteiger partial charge < -0.3 is 4.74 Å². The molecule has 10 heteroatoms. The Kier molecular flexibility index (Phi) is 4.21. The minimum atomic E-state index is -2.79. The molecule has 0 unspecified atom stereocenters. The van der Waals surface area contributed by atoms with Crippen LogP contribution in [0.1, 0.15) is 37.7 Å². The molecule has 5 rings (SSSR count). The Bertz CT molecular complexity index is 1170. The van der Waals surface area contributed by atoms with Crippen molar-refractivity contribution in [3.63, 3.8) is 0 Å². The third-order valence-corrected chi connectivity index (χ3v) is 5.00. The molecular weight excluding hydrogens is 390 g/mol. The van der Waals surface area contributed by atoms with E-state index in [9.17, 15) is 8.78 Å². The monoisotopic (exact) mass is 404 g/mol. The molecule has 0 spiro atoms. The van der Waals surface area contributed by atoms with Gasteiger partial charge >= 0.3 is 0 Å². The minimum absolute atomic E-state index is 0.0574. The van der Waals surface area contributed by atoms with Gasteiger partial charge in [-0.2, -0.15) is 9.97 Å². The minimum Gasteiger partial charge on any atom is -0.358 e. The number of hydrogen-bond acceptors (Lipinski definition) is 5. The molecule has 4 heterocycles. The van der Waals surface area contributed by atoms with E-state index in [0.717, 1.165) is 19.3 Å². The second-order valence-corrected chi connectivity index (χ2v) is 6.89. The Hall–Kier alpha value is -2.65. The lowest BCUT2D eigenvalue weighted by Crippen LogP contribution is -2.18. The molecule has 0 bridgehead atoms. The Morgan fingerprint density at radius 1 is 1.14 bits per heavy atom. The van der Waals surface area contributed by atoms with E-state index in [1.54, 1.807) is 35.2 Å². The zero-order valence-electron chi connectivity index (χ0n) is 14.6. The lowest BCUT2D eigenvalue weighted by Gasteiger charge is -2.23. The first-order valence-corrected chi connectivity index (χ1v) is 9.29. The van der Waals surface area contributed by atoms with Crippen molar-refractivity contribution >= 4 is 33.8 Å². The predicted molar refractivity (Wildman–Crippen MR) is 98.8 cm³/mol. The third kappa shape index (κ3) is 2.73. The lowest BCUT2D eigenvalue weighted by atomic mass is 10.2. The van der Waals surface area contributed by atoms with Gasteiger partial charge in [-0.25, -0.2) is 18.7 Å². The van der Waals surface area contributed by atoms with Crippen LogP contribution in [-0.2, 0) is 4.74 Å². The fourth-order valence-corrected chi connectivity index (χ4v) is 3.76. The average Bonchev–Trinajstić information content (AvgIpc) is 3.29. The Labute approximate surface area is 163 Å². The lowest BCUT2D eigenvalue weighted by molar-refractivity contribution is -0.0298. The molecule has 1 aliphatic rings. The van der Waals surface area contributed by atoms with Crippen molar-refractivity contribution in [2.45, 2.75) is 31.9 Å². The van der Waals surface area contributed by atoms with E-state index in [-0.39, 0.29) is 17.3 Å². The Morgan fingerprint density at radius 2 is 2.00 bits per heavy atom. The number of aromatic nitrogens is 6. The van der Waals surface area contributed by atoms with Crippen LogP contribution < -0.4 is 0 Å². The zero-order chi connectivity index (χ0) is 19.3. The summed E-state index contributed by atoms with van der Waals surface area (Å²) in [4.78, 5) is 17.0. The van der Waals surface area contributed by atoms with Gasteiger partial charge in [-0.05, 0) is 43.0 Å². The molecule has 1 atom stereocenters. The second-order valence-electron chi connectivity index (χ2n) is 6.56. The summed E-state index contributed by atoms with van der Waals surface area (Å²) >= 11 is 6.17. The molecule has 0 aliphatic carbocycles. The SMILES string of the molecule is FC(F)c1nc2ccccc2n1-c1nc(Cl)nc2c1ncn2[C@@H]1CCCCO1. The van der Waals surface area contributed by atoms with E-state index in [1.807, 2.05) is 0 Å². The number of ether oxygens (including phenoxy) is 1. The van der Waals surface area contributed by atoms with Crippen LogP contribution in [0.4, 0.5) is 8.78 Å². The maximum absolute atomic E-state index is 13.7. The fourth-order valence-electron chi connectivity index (χ4n) is 3.60. The van der Waals surface area contributed by atoms with Gasteiger partial charge in [0.2, 0.25) is 5.28 Å². The molecule has 1 aromatic carbocycles. The standard InChI is InChI=1S/C18H15ClF2N6O/c19-18-24-15-13(22-9-26(15)12-7-3-4-8-28-12)16(25-18)27-11-6-2-1-5-10(11)23-17(27)14(20)21/h1-2,5-6,9,12,14H,3-4,7-8H2/t12-/m0/s1. The van der Waals surface area contributed by atoms with Crippen LogP contribution in [0.2, 0.25) is 5.28 Å². The van der Waals surface area contributed by atoms with Crippen LogP contribution in [0.15, 0.2) is 30.6 Å². The molecule has 7 nitrogen and oxygen atoms in total. The molecule has 3 aromatic heterocycles. The first-order chi connectivity index (χ1) is 13.6. The molecule has 4 aromatic rings. The number of para-hydroxylation sites is 2. The van der Waals surface area contributed by atoms with Crippen molar-refractivity contribution in [3.05, 3.63) is 41.7 Å². The molecule has 0 amide bonds. The van der Waals surface area contributed by atoms with Crippen molar-refractivity contribution in [1.29, 1.82) is 0 Å². The van der Waals surface area contributed by atoms with Gasteiger partial charge in [0.1, 0.15) is 6.23 Å². The van der Waals surface area contributed by atoms with E-state index in [0.29, 0.717) is 28.8 Å². The highest BCUT2D eigenvalue weighted by atomic mass is 35.5. The Balaban J connectivity index is 1.77. The van der Waals surface area contributed by atoms with E-state index in [4.69, 9.17) is 16.3 Å². The average molecular weight is 405 g/mol. The summed E-state index contributed by atoms with van der Waals surface area (Å²) in [5.41, 5.74) is 1.75. The van der Waals surface area contributed by atoms with Gasteiger partial charge in [0.25, 0.3) is 6.43 Å². The van der Waals surface area contributed by atoms with Crippen LogP contribution >= 0.6 is 11.6 Å². The summed E-state index contributed by atoms with van der Waals surface area (Å²) < 4.78 is 36.4. The van der Waals surface area contributed by atoms with E-state index in [2.05, 4.69) is 19.9 Å². The van der Waals surface area contributed by atoms with Gasteiger partial charge in [-0.1, -0.05) is 12.1 Å². The maximum atomic E-state index is 13.7. The number of hydrogen-bond donors (Lipinski definition) is 0. The number of alkyl halides is 2. The number of halogens is 3. The quantitative estimate of drug-likeness (QED) is 0.471. The van der Waals surface area contributed by atoms with Crippen molar-refractivity contribution in [1.82, 2.24) is 29.1 Å². The van der Waals surface area contributed by atoms with Crippen LogP contribution in [-0.4, -0.2) is 35.7 Å². The number of benzene rings is 1. The zero-order valence-corrected chi connectivity index (χ0v) is 15.4. The van der Waals surface area contributed by atoms with Crippen molar-refractivity contribution in [3.8, 4) is 5.82 Å². The summed E-state index contributed by atoms with van der Waals surface area (Å²) in [6, 6.07) is 6.88. The predicted octanol–water partition coefficient (Wildman–Crippen LogP) is 4.46. The van der Waals surface area contributed by atoms with Gasteiger partial charge in [0, 0.05) is 6.61 Å². The summed E-state index contributed by atoms with van der Waals surface area (Å²) in [6.45, 7) is 0.650. The normalized spacial score (nSPS) is 17.8. The van der Waals surface area contributed by atoms with E-state index >= 15 is 0 Å². The molecule has 144 valence electrons. The summed E-state index contributed by atoms with van der Waals surface area (Å²) in [7, 11) is 0. The topological polar surface area (TPSA) is 70.7 Å². The molecule has 1 aliphatic heterocycles. The summed E-state index contributed by atoms with van der Waals surface area (Å²) in [5, 5.41) is -0.0574. The molecule has 1 saturated heterocycles. The molecule has 0 saturated carbocycles. The summed E-state index contributed by atoms with van der Waals surface area (Å²) in [6.07, 6.45) is 1.43. The van der Waals surface area contributed by atoms with Crippen LogP contribution in [0, 0.1) is 0 Å². The number of nitrogens with zero attached hydrogens (tertiary/aromatic N) is 6. The van der Waals surface area contributed by atoms with E-state index in [1.165, 1.54) is 4.57 Å². The molecule has 0 radical (unpaired) electrons. The van der Waals surface area contributed by atoms with Gasteiger partial charge in [-0.3, -0.25) is 9.13 Å². The number of fused-ring (bicyclic) bond motifs is 2. The van der Waals surface area contributed by atoms with Crippen LogP contribution in [0.25, 0.3) is 28.0 Å². The smallest absolute Gasteiger partial charge is 0.296 e. The number of rotatable bonds is 3. The first kappa shape index (κ1) is 17.4. The van der Waals surface area contributed by atoms with Crippen molar-refractivity contribution in [2.24, 2.45) is 0 Å². The molecule has 0 N–H and O–H groups in total. The molecule has 1 fully saturated rings. The number of imidazole rings is 2. The Morgan fingerprint density at radius 3 is 2.79 bits per heavy atom.